The summed E-state index contributed by atoms with van der Waals surface area (Å²) in [5.74, 6) is 0.0915. The largest absolute Gasteiger partial charge is 0.297 e. The van der Waals surface area contributed by atoms with Gasteiger partial charge < -0.3 is 0 Å². The van der Waals surface area contributed by atoms with Gasteiger partial charge in [-0.15, -0.1) is 21.5 Å². The number of anilines is 1. The van der Waals surface area contributed by atoms with Gasteiger partial charge in [-0.2, -0.15) is 0 Å². The lowest BCUT2D eigenvalue weighted by atomic mass is 10.2. The van der Waals surface area contributed by atoms with E-state index in [2.05, 4.69) is 20.5 Å². The van der Waals surface area contributed by atoms with Gasteiger partial charge in [0.25, 0.3) is 0 Å². The highest BCUT2D eigenvalue weighted by atomic mass is 32.1. The Balaban J connectivity index is 1.95. The molecule has 2 aromatic rings. The summed E-state index contributed by atoms with van der Waals surface area (Å²) in [6.45, 7) is 6.00. The summed E-state index contributed by atoms with van der Waals surface area (Å²) in [5.41, 5.74) is 0.790. The Morgan fingerprint density at radius 3 is 2.79 bits per heavy atom. The minimum atomic E-state index is -0.225. The molecule has 0 bridgehead atoms. The zero-order chi connectivity index (χ0) is 13.8. The number of hydrogen-bond acceptors (Lipinski definition) is 6. The molecule has 19 heavy (non-hydrogen) atoms. The summed E-state index contributed by atoms with van der Waals surface area (Å²) in [5, 5.41) is 14.9. The molecule has 0 fully saturated rings. The van der Waals surface area contributed by atoms with Crippen molar-refractivity contribution in [2.75, 3.05) is 5.32 Å². The molecule has 0 radical (unpaired) electrons. The second-order valence-corrected chi connectivity index (χ2v) is 6.29. The number of carbonyl (C=O) groups is 1. The fourth-order valence-electron chi connectivity index (χ4n) is 1.28. The topological polar surface area (TPSA) is 67.8 Å². The lowest BCUT2D eigenvalue weighted by Gasteiger charge is -1.95. The van der Waals surface area contributed by atoms with Gasteiger partial charge in [-0.05, 0) is 13.0 Å². The highest BCUT2D eigenvalue weighted by Gasteiger charge is 2.08. The van der Waals surface area contributed by atoms with E-state index in [1.54, 1.807) is 17.4 Å². The van der Waals surface area contributed by atoms with E-state index in [1.165, 1.54) is 17.4 Å². The van der Waals surface area contributed by atoms with E-state index in [4.69, 9.17) is 0 Å². The third kappa shape index (κ3) is 3.93. The molecule has 0 saturated carbocycles. The van der Waals surface area contributed by atoms with E-state index >= 15 is 0 Å². The van der Waals surface area contributed by atoms with Crippen LogP contribution >= 0.6 is 22.7 Å². The molecule has 0 saturated heterocycles. The molecule has 0 spiro atoms. The number of hydrogen-bond donors (Lipinski definition) is 1. The van der Waals surface area contributed by atoms with Crippen molar-refractivity contribution in [2.45, 2.75) is 26.7 Å². The first kappa shape index (κ1) is 13.8. The number of nitrogens with zero attached hydrogens (tertiary/aromatic N) is 3. The van der Waals surface area contributed by atoms with Crippen LogP contribution in [0.1, 0.15) is 35.5 Å². The van der Waals surface area contributed by atoms with Gasteiger partial charge in [0.05, 0.1) is 10.7 Å². The van der Waals surface area contributed by atoms with Crippen molar-refractivity contribution in [1.29, 1.82) is 0 Å². The fraction of sp³-hybridized carbons (Fsp3) is 0.333. The number of thiazole rings is 1. The Labute approximate surface area is 119 Å². The van der Waals surface area contributed by atoms with Crippen LogP contribution in [0.4, 0.5) is 5.13 Å². The Morgan fingerprint density at radius 2 is 2.21 bits per heavy atom. The second-order valence-electron chi connectivity index (χ2n) is 4.21. The summed E-state index contributed by atoms with van der Waals surface area (Å²) >= 11 is 2.95. The van der Waals surface area contributed by atoms with Gasteiger partial charge in [0.1, 0.15) is 5.01 Å². The van der Waals surface area contributed by atoms with Crippen molar-refractivity contribution in [3.8, 4) is 0 Å². The van der Waals surface area contributed by atoms with Crippen LogP contribution in [0.15, 0.2) is 11.5 Å². The maximum atomic E-state index is 11.7. The number of aromatic nitrogens is 3. The van der Waals surface area contributed by atoms with Crippen molar-refractivity contribution >= 4 is 39.8 Å². The van der Waals surface area contributed by atoms with Crippen molar-refractivity contribution in [1.82, 2.24) is 15.2 Å². The van der Waals surface area contributed by atoms with Crippen molar-refractivity contribution in [3.05, 3.63) is 27.2 Å². The van der Waals surface area contributed by atoms with E-state index < -0.39 is 0 Å². The summed E-state index contributed by atoms with van der Waals surface area (Å²) in [6, 6.07) is 0. The number of nitrogens with one attached hydrogen (secondary N) is 1. The first-order valence-corrected chi connectivity index (χ1v) is 7.49. The molecule has 1 amide bonds. The summed E-state index contributed by atoms with van der Waals surface area (Å²) < 4.78 is 0. The summed E-state index contributed by atoms with van der Waals surface area (Å²) in [4.78, 5) is 15.9. The zero-order valence-corrected chi connectivity index (χ0v) is 12.5. The average Bonchev–Trinajstić information content (AvgIpc) is 2.96. The summed E-state index contributed by atoms with van der Waals surface area (Å²) in [6.07, 6.45) is 3.13. The molecule has 100 valence electrons. The van der Waals surface area contributed by atoms with Crippen LogP contribution in [0.5, 0.6) is 0 Å². The highest BCUT2D eigenvalue weighted by molar-refractivity contribution is 7.15. The van der Waals surface area contributed by atoms with E-state index in [-0.39, 0.29) is 5.91 Å². The molecule has 0 unspecified atom stereocenters. The summed E-state index contributed by atoms with van der Waals surface area (Å²) in [7, 11) is 0. The first-order chi connectivity index (χ1) is 9.04. The van der Waals surface area contributed by atoms with Crippen LogP contribution in [-0.2, 0) is 4.79 Å². The van der Waals surface area contributed by atoms with Crippen LogP contribution in [0, 0.1) is 6.92 Å². The van der Waals surface area contributed by atoms with E-state index in [9.17, 15) is 4.79 Å². The Morgan fingerprint density at radius 1 is 1.42 bits per heavy atom. The van der Waals surface area contributed by atoms with Gasteiger partial charge in [0.2, 0.25) is 11.0 Å². The Hall–Kier alpha value is -1.60. The van der Waals surface area contributed by atoms with Crippen molar-refractivity contribution in [2.24, 2.45) is 0 Å². The van der Waals surface area contributed by atoms with Gasteiger partial charge in [-0.25, -0.2) is 4.98 Å². The maximum Gasteiger partial charge on any atom is 0.250 e. The van der Waals surface area contributed by atoms with E-state index in [1.807, 2.05) is 26.2 Å². The number of amides is 1. The van der Waals surface area contributed by atoms with Crippen LogP contribution in [0.25, 0.3) is 6.08 Å². The highest BCUT2D eigenvalue weighted by Crippen LogP contribution is 2.22. The van der Waals surface area contributed by atoms with Crippen LogP contribution < -0.4 is 5.32 Å². The molecule has 2 heterocycles. The molecule has 2 aromatic heterocycles. The quantitative estimate of drug-likeness (QED) is 0.880. The molecule has 0 aliphatic carbocycles. The molecule has 0 atom stereocenters. The average molecular weight is 294 g/mol. The second kappa shape index (κ2) is 6.03. The van der Waals surface area contributed by atoms with Gasteiger partial charge in [0.15, 0.2) is 0 Å². The normalized spacial score (nSPS) is 11.4. The van der Waals surface area contributed by atoms with Crippen molar-refractivity contribution < 1.29 is 4.79 Å². The van der Waals surface area contributed by atoms with Crippen molar-refractivity contribution in [3.63, 3.8) is 0 Å². The van der Waals surface area contributed by atoms with Gasteiger partial charge >= 0.3 is 0 Å². The molecule has 7 heteroatoms. The molecule has 2 rings (SSSR count). The number of carbonyl (C=O) groups excluding carboxylic acids is 1. The SMILES string of the molecule is Cc1nc(/C=C/C(=O)Nc2nnc(C(C)C)s2)cs1. The third-order valence-electron chi connectivity index (χ3n) is 2.21. The molecule has 1 N–H and O–H groups in total. The Kier molecular flexibility index (Phi) is 4.39. The molecule has 0 aliphatic rings. The fourth-order valence-corrected chi connectivity index (χ4v) is 2.61. The minimum absolute atomic E-state index is 0.225. The molecular weight excluding hydrogens is 280 g/mol. The van der Waals surface area contributed by atoms with E-state index in [0.29, 0.717) is 11.0 Å². The smallest absolute Gasteiger partial charge is 0.250 e. The zero-order valence-electron chi connectivity index (χ0n) is 10.9. The molecule has 0 aliphatic heterocycles. The monoisotopic (exact) mass is 294 g/mol. The predicted octanol–water partition coefficient (Wildman–Crippen LogP) is 3.08. The number of rotatable bonds is 4. The standard InChI is InChI=1S/C12H14N4OS2/c1-7(2)11-15-16-12(19-11)14-10(17)5-4-9-6-18-8(3)13-9/h4-7H,1-3H3,(H,14,16,17)/b5-4+. The lowest BCUT2D eigenvalue weighted by molar-refractivity contribution is -0.111. The third-order valence-corrected chi connectivity index (χ3v) is 4.14. The van der Waals surface area contributed by atoms with Gasteiger partial charge in [0, 0.05) is 17.4 Å². The molecular formula is C12H14N4OS2. The Bertz CT molecular complexity index is 600. The lowest BCUT2D eigenvalue weighted by Crippen LogP contribution is -2.07. The predicted molar refractivity (Wildman–Crippen MR) is 78.5 cm³/mol. The van der Waals surface area contributed by atoms with Crippen LogP contribution in [-0.4, -0.2) is 21.1 Å². The van der Waals surface area contributed by atoms with Gasteiger partial charge in [-0.1, -0.05) is 25.2 Å². The maximum absolute atomic E-state index is 11.7. The number of aryl methyl sites for hydroxylation is 1. The molecule has 0 aromatic carbocycles. The van der Waals surface area contributed by atoms with Crippen LogP contribution in [0.2, 0.25) is 0 Å². The van der Waals surface area contributed by atoms with E-state index in [0.717, 1.165) is 15.7 Å². The molecule has 5 nitrogen and oxygen atoms in total. The van der Waals surface area contributed by atoms with Crippen LogP contribution in [0.3, 0.4) is 0 Å². The first-order valence-electron chi connectivity index (χ1n) is 5.79. The minimum Gasteiger partial charge on any atom is -0.297 e. The van der Waals surface area contributed by atoms with Gasteiger partial charge in [-0.3, -0.25) is 10.1 Å².